The molecular formula is C29H42O2. The Hall–Kier alpha value is -1.12. The Bertz CT molecular complexity index is 826. The number of fused-ring (bicyclic) bond motifs is 5. The van der Waals surface area contributed by atoms with Crippen LogP contribution in [0.3, 0.4) is 0 Å². The van der Waals surface area contributed by atoms with Crippen LogP contribution >= 0.6 is 0 Å². The van der Waals surface area contributed by atoms with Crippen LogP contribution in [0.5, 0.6) is 0 Å². The van der Waals surface area contributed by atoms with Crippen molar-refractivity contribution in [1.82, 2.24) is 0 Å². The fourth-order valence-corrected chi connectivity index (χ4v) is 8.88. The molecule has 2 nitrogen and oxygen atoms in total. The molecule has 4 aliphatic rings. The standard InChI is InChI=1S/C29H42O2/c1-27-16-14-22(30)19-21(27)9-10-23-24-11-12-26(28(24,2)17-15-25(23)27)29(3,31)18-13-20-7-5-4-6-8-20/h4-9,22-26,30-31H,10-19H2,1-3H3/t22-,23-,24-,25-,26-,27-,28-,29+/m0/s1. The van der Waals surface area contributed by atoms with Gasteiger partial charge in [-0.05, 0) is 111 Å². The zero-order chi connectivity index (χ0) is 21.9. The van der Waals surface area contributed by atoms with Crippen LogP contribution in [-0.4, -0.2) is 21.9 Å². The van der Waals surface area contributed by atoms with Crippen molar-refractivity contribution in [2.75, 3.05) is 0 Å². The highest BCUT2D eigenvalue weighted by Crippen LogP contribution is 2.67. The summed E-state index contributed by atoms with van der Waals surface area (Å²) in [5.41, 5.74) is 2.86. The molecule has 0 unspecified atom stereocenters. The zero-order valence-corrected chi connectivity index (χ0v) is 19.8. The van der Waals surface area contributed by atoms with E-state index in [0.717, 1.165) is 49.9 Å². The molecule has 2 heteroatoms. The van der Waals surface area contributed by atoms with E-state index in [-0.39, 0.29) is 11.5 Å². The zero-order valence-electron chi connectivity index (χ0n) is 19.8. The lowest BCUT2D eigenvalue weighted by Crippen LogP contribution is -2.53. The van der Waals surface area contributed by atoms with Crippen molar-refractivity contribution in [3.63, 3.8) is 0 Å². The van der Waals surface area contributed by atoms with Gasteiger partial charge in [-0.25, -0.2) is 0 Å². The first-order valence-electron chi connectivity index (χ1n) is 12.9. The smallest absolute Gasteiger partial charge is 0.0656 e. The highest BCUT2D eigenvalue weighted by atomic mass is 16.3. The van der Waals surface area contributed by atoms with Crippen LogP contribution < -0.4 is 0 Å². The van der Waals surface area contributed by atoms with E-state index < -0.39 is 5.60 Å². The lowest BCUT2D eigenvalue weighted by Gasteiger charge is -2.59. The summed E-state index contributed by atoms with van der Waals surface area (Å²) in [4.78, 5) is 0. The van der Waals surface area contributed by atoms with Crippen molar-refractivity contribution in [3.05, 3.63) is 47.5 Å². The Balaban J connectivity index is 1.35. The topological polar surface area (TPSA) is 40.5 Å². The summed E-state index contributed by atoms with van der Waals surface area (Å²) in [7, 11) is 0. The number of rotatable bonds is 4. The van der Waals surface area contributed by atoms with Gasteiger partial charge in [-0.3, -0.25) is 0 Å². The van der Waals surface area contributed by atoms with Gasteiger partial charge in [0.25, 0.3) is 0 Å². The molecule has 0 saturated heterocycles. The molecule has 0 heterocycles. The minimum atomic E-state index is -0.597. The van der Waals surface area contributed by atoms with Gasteiger partial charge in [0.1, 0.15) is 0 Å². The van der Waals surface area contributed by atoms with Crippen LogP contribution in [0.15, 0.2) is 42.0 Å². The SMILES string of the molecule is C[C@]12CC[C@H]3[C@@H](CC=C4C[C@@H](O)CC[C@@]43C)[C@@H]1CC[C@@H]2[C@](C)(O)CCc1ccccc1. The van der Waals surface area contributed by atoms with Gasteiger partial charge < -0.3 is 10.2 Å². The number of benzene rings is 1. The number of aryl methyl sites for hydroxylation is 1. The van der Waals surface area contributed by atoms with E-state index >= 15 is 0 Å². The number of hydrogen-bond donors (Lipinski definition) is 2. The van der Waals surface area contributed by atoms with Crippen molar-refractivity contribution in [2.45, 2.75) is 96.7 Å². The predicted octanol–water partition coefficient (Wildman–Crippen LogP) is 6.31. The number of hydrogen-bond acceptors (Lipinski definition) is 2. The lowest BCUT2D eigenvalue weighted by molar-refractivity contribution is -0.104. The Morgan fingerprint density at radius 1 is 1.00 bits per heavy atom. The molecule has 3 saturated carbocycles. The molecule has 170 valence electrons. The van der Waals surface area contributed by atoms with Gasteiger partial charge in [0.2, 0.25) is 0 Å². The Labute approximate surface area is 189 Å². The third-order valence-corrected chi connectivity index (χ3v) is 10.6. The van der Waals surface area contributed by atoms with Crippen LogP contribution in [0.4, 0.5) is 0 Å². The lowest BCUT2D eigenvalue weighted by atomic mass is 9.46. The van der Waals surface area contributed by atoms with E-state index in [1.807, 2.05) is 0 Å². The molecule has 3 fully saturated rings. The van der Waals surface area contributed by atoms with Gasteiger partial charge in [-0.2, -0.15) is 0 Å². The number of allylic oxidation sites excluding steroid dienone is 1. The molecule has 0 aromatic heterocycles. The Kier molecular flexibility index (Phi) is 5.42. The summed E-state index contributed by atoms with van der Waals surface area (Å²) >= 11 is 0. The summed E-state index contributed by atoms with van der Waals surface area (Å²) in [6.45, 7) is 7.16. The largest absolute Gasteiger partial charge is 0.393 e. The molecule has 0 amide bonds. The first-order valence-corrected chi connectivity index (χ1v) is 12.9. The van der Waals surface area contributed by atoms with Gasteiger partial charge >= 0.3 is 0 Å². The van der Waals surface area contributed by atoms with E-state index in [4.69, 9.17) is 0 Å². The van der Waals surface area contributed by atoms with Crippen molar-refractivity contribution < 1.29 is 10.2 Å². The highest BCUT2D eigenvalue weighted by molar-refractivity contribution is 5.26. The van der Waals surface area contributed by atoms with Gasteiger partial charge in [-0.1, -0.05) is 55.8 Å². The van der Waals surface area contributed by atoms with E-state index in [9.17, 15) is 10.2 Å². The molecule has 31 heavy (non-hydrogen) atoms. The summed E-state index contributed by atoms with van der Waals surface area (Å²) in [6.07, 6.45) is 13.5. The molecule has 4 aliphatic carbocycles. The third kappa shape index (κ3) is 3.53. The van der Waals surface area contributed by atoms with Crippen LogP contribution in [0.25, 0.3) is 0 Å². The van der Waals surface area contributed by atoms with Gasteiger partial charge in [0.15, 0.2) is 0 Å². The van der Waals surface area contributed by atoms with Crippen LogP contribution in [-0.2, 0) is 6.42 Å². The van der Waals surface area contributed by atoms with Crippen molar-refractivity contribution in [1.29, 1.82) is 0 Å². The Morgan fingerprint density at radius 3 is 2.55 bits per heavy atom. The van der Waals surface area contributed by atoms with E-state index in [0.29, 0.717) is 11.3 Å². The minimum absolute atomic E-state index is 0.125. The van der Waals surface area contributed by atoms with Gasteiger partial charge in [-0.15, -0.1) is 0 Å². The molecular weight excluding hydrogens is 380 g/mol. The van der Waals surface area contributed by atoms with Gasteiger partial charge in [0, 0.05) is 0 Å². The van der Waals surface area contributed by atoms with Gasteiger partial charge in [0.05, 0.1) is 11.7 Å². The van der Waals surface area contributed by atoms with Crippen LogP contribution in [0.1, 0.15) is 84.1 Å². The monoisotopic (exact) mass is 422 g/mol. The average molecular weight is 423 g/mol. The Morgan fingerprint density at radius 2 is 1.77 bits per heavy atom. The third-order valence-electron chi connectivity index (χ3n) is 10.6. The maximum atomic E-state index is 11.7. The van der Waals surface area contributed by atoms with E-state index in [2.05, 4.69) is 57.2 Å². The van der Waals surface area contributed by atoms with Crippen LogP contribution in [0, 0.1) is 34.5 Å². The molecule has 0 bridgehead atoms. The summed E-state index contributed by atoms with van der Waals surface area (Å²) < 4.78 is 0. The second-order valence-corrected chi connectivity index (χ2v) is 12.2. The van der Waals surface area contributed by atoms with E-state index in [1.165, 1.54) is 37.7 Å². The fraction of sp³-hybridized carbons (Fsp3) is 0.724. The molecule has 2 N–H and O–H groups in total. The fourth-order valence-electron chi connectivity index (χ4n) is 8.88. The highest BCUT2D eigenvalue weighted by Gasteiger charge is 2.61. The molecule has 1 aromatic carbocycles. The second-order valence-electron chi connectivity index (χ2n) is 12.2. The first-order chi connectivity index (χ1) is 14.7. The summed E-state index contributed by atoms with van der Waals surface area (Å²) in [6, 6.07) is 10.7. The van der Waals surface area contributed by atoms with Crippen LogP contribution in [0.2, 0.25) is 0 Å². The molecule has 0 spiro atoms. The number of aliphatic hydroxyl groups is 2. The molecule has 0 radical (unpaired) electrons. The average Bonchev–Trinajstić information content (AvgIpc) is 3.12. The number of aliphatic hydroxyl groups excluding tert-OH is 1. The molecule has 5 rings (SSSR count). The molecule has 0 aliphatic heterocycles. The normalized spacial score (nSPS) is 43.9. The minimum Gasteiger partial charge on any atom is -0.393 e. The van der Waals surface area contributed by atoms with Crippen molar-refractivity contribution in [2.24, 2.45) is 34.5 Å². The van der Waals surface area contributed by atoms with E-state index in [1.54, 1.807) is 5.57 Å². The predicted molar refractivity (Wildman–Crippen MR) is 127 cm³/mol. The summed E-state index contributed by atoms with van der Waals surface area (Å²) in [5.74, 6) is 2.67. The molecule has 1 aromatic rings. The first kappa shape index (κ1) is 21.7. The maximum Gasteiger partial charge on any atom is 0.0656 e. The second kappa shape index (κ2) is 7.73. The quantitative estimate of drug-likeness (QED) is 0.558. The maximum absolute atomic E-state index is 11.7. The van der Waals surface area contributed by atoms with Crippen molar-refractivity contribution >= 4 is 0 Å². The summed E-state index contributed by atoms with van der Waals surface area (Å²) in [5, 5.41) is 21.9. The van der Waals surface area contributed by atoms with Crippen molar-refractivity contribution in [3.8, 4) is 0 Å². The molecule has 8 atom stereocenters.